The second-order valence-electron chi connectivity index (χ2n) is 7.24. The third-order valence-corrected chi connectivity index (χ3v) is 8.73. The lowest BCUT2D eigenvalue weighted by Gasteiger charge is -2.05. The van der Waals surface area contributed by atoms with Crippen LogP contribution in [0, 0.1) is 0 Å². The number of thiophene rings is 2. The molecule has 0 atom stereocenters. The normalized spacial score (nSPS) is 13.7. The number of para-hydroxylation sites is 1. The Labute approximate surface area is 185 Å². The summed E-state index contributed by atoms with van der Waals surface area (Å²) in [5, 5.41) is 4.43. The summed E-state index contributed by atoms with van der Waals surface area (Å²) in [4.78, 5) is 32.4. The number of aromatic nitrogens is 1. The van der Waals surface area contributed by atoms with E-state index in [9.17, 15) is 9.59 Å². The zero-order valence-electron chi connectivity index (χ0n) is 16.1. The van der Waals surface area contributed by atoms with Crippen molar-refractivity contribution in [1.82, 2.24) is 4.98 Å². The molecule has 152 valence electrons. The molecule has 30 heavy (non-hydrogen) atoms. The lowest BCUT2D eigenvalue weighted by atomic mass is 10.1. The Hall–Kier alpha value is -2.55. The van der Waals surface area contributed by atoms with Gasteiger partial charge in [-0.05, 0) is 55.5 Å². The third kappa shape index (κ3) is 3.55. The number of nitrogens with two attached hydrogens (primary N) is 1. The Morgan fingerprint density at radius 2 is 1.80 bits per heavy atom. The van der Waals surface area contributed by atoms with Gasteiger partial charge in [-0.15, -0.1) is 34.0 Å². The zero-order chi connectivity index (χ0) is 20.7. The van der Waals surface area contributed by atoms with E-state index in [4.69, 9.17) is 5.73 Å². The van der Waals surface area contributed by atoms with Crippen LogP contribution in [-0.4, -0.2) is 16.8 Å². The van der Waals surface area contributed by atoms with Crippen LogP contribution in [0.5, 0.6) is 0 Å². The number of fused-ring (bicyclic) bond motifs is 2. The van der Waals surface area contributed by atoms with Crippen molar-refractivity contribution < 1.29 is 9.59 Å². The van der Waals surface area contributed by atoms with E-state index in [-0.39, 0.29) is 5.91 Å². The van der Waals surface area contributed by atoms with Gasteiger partial charge in [0.05, 0.1) is 25.5 Å². The highest BCUT2D eigenvalue weighted by atomic mass is 32.1. The van der Waals surface area contributed by atoms with Crippen LogP contribution in [0.1, 0.15) is 49.7 Å². The summed E-state index contributed by atoms with van der Waals surface area (Å²) in [6.45, 7) is 0. The first-order chi connectivity index (χ1) is 14.6. The molecule has 0 saturated carbocycles. The lowest BCUT2D eigenvalue weighted by molar-refractivity contribution is 0.100. The first-order valence-electron chi connectivity index (χ1n) is 9.81. The molecule has 3 N–H and O–H groups in total. The number of benzene rings is 1. The van der Waals surface area contributed by atoms with Gasteiger partial charge in [0.25, 0.3) is 11.8 Å². The van der Waals surface area contributed by atoms with Crippen molar-refractivity contribution in [2.24, 2.45) is 5.73 Å². The van der Waals surface area contributed by atoms with Gasteiger partial charge in [0.1, 0.15) is 10.0 Å². The summed E-state index contributed by atoms with van der Waals surface area (Å²) in [6, 6.07) is 11.7. The molecule has 1 aliphatic carbocycles. The Morgan fingerprint density at radius 1 is 0.967 bits per heavy atom. The number of anilines is 1. The predicted octanol–water partition coefficient (Wildman–Crippen LogP) is 5.71. The van der Waals surface area contributed by atoms with E-state index in [1.165, 1.54) is 27.6 Å². The van der Waals surface area contributed by atoms with Gasteiger partial charge in [-0.1, -0.05) is 18.6 Å². The first kappa shape index (κ1) is 19.4. The van der Waals surface area contributed by atoms with Gasteiger partial charge in [-0.25, -0.2) is 4.98 Å². The molecule has 2 amide bonds. The minimum atomic E-state index is -0.467. The average Bonchev–Trinajstić information content (AvgIpc) is 3.41. The molecule has 1 aliphatic rings. The molecule has 0 spiro atoms. The topological polar surface area (TPSA) is 85.1 Å². The van der Waals surface area contributed by atoms with Crippen LogP contribution in [0.3, 0.4) is 0 Å². The number of aryl methyl sites for hydroxylation is 1. The SMILES string of the molecule is NC(=O)c1c(NC(=O)c2ccc(-c3nc4ccccc4s3)s2)sc2c1CCCCC2. The molecule has 5 rings (SSSR count). The number of primary amides is 1. The maximum atomic E-state index is 12.9. The van der Waals surface area contributed by atoms with Crippen LogP contribution in [0.25, 0.3) is 20.1 Å². The Morgan fingerprint density at radius 3 is 2.63 bits per heavy atom. The van der Waals surface area contributed by atoms with Crippen molar-refractivity contribution in [3.05, 3.63) is 57.3 Å². The largest absolute Gasteiger partial charge is 0.365 e. The number of carbonyl (C=O) groups excluding carboxylic acids is 2. The number of hydrogen-bond acceptors (Lipinski definition) is 6. The van der Waals surface area contributed by atoms with Crippen LogP contribution in [-0.2, 0) is 12.8 Å². The molecule has 1 aromatic carbocycles. The third-order valence-electron chi connectivity index (χ3n) is 5.23. The van der Waals surface area contributed by atoms with Crippen LogP contribution >= 0.6 is 34.0 Å². The van der Waals surface area contributed by atoms with Gasteiger partial charge < -0.3 is 11.1 Å². The van der Waals surface area contributed by atoms with Gasteiger partial charge in [0.2, 0.25) is 0 Å². The predicted molar refractivity (Wildman–Crippen MR) is 125 cm³/mol. The molecule has 3 heterocycles. The van der Waals surface area contributed by atoms with E-state index in [0.29, 0.717) is 15.4 Å². The summed E-state index contributed by atoms with van der Waals surface area (Å²) >= 11 is 4.51. The lowest BCUT2D eigenvalue weighted by Crippen LogP contribution is -2.17. The van der Waals surface area contributed by atoms with Gasteiger partial charge in [-0.2, -0.15) is 0 Å². The number of hydrogen-bond donors (Lipinski definition) is 2. The maximum absolute atomic E-state index is 12.9. The van der Waals surface area contributed by atoms with Crippen LogP contribution in [0.15, 0.2) is 36.4 Å². The number of rotatable bonds is 4. The molecule has 0 fully saturated rings. The van der Waals surface area contributed by atoms with Gasteiger partial charge >= 0.3 is 0 Å². The summed E-state index contributed by atoms with van der Waals surface area (Å²) < 4.78 is 1.12. The second kappa shape index (κ2) is 7.94. The van der Waals surface area contributed by atoms with E-state index in [1.807, 2.05) is 36.4 Å². The molecule has 0 unspecified atom stereocenters. The molecule has 8 heteroatoms. The van der Waals surface area contributed by atoms with Crippen molar-refractivity contribution in [2.75, 3.05) is 5.32 Å². The van der Waals surface area contributed by atoms with Gasteiger partial charge in [0, 0.05) is 4.88 Å². The van der Waals surface area contributed by atoms with Crippen molar-refractivity contribution in [3.8, 4) is 9.88 Å². The highest BCUT2D eigenvalue weighted by Gasteiger charge is 2.25. The fourth-order valence-electron chi connectivity index (χ4n) is 3.81. The Bertz CT molecular complexity index is 1230. The highest BCUT2D eigenvalue weighted by Crippen LogP contribution is 2.38. The van der Waals surface area contributed by atoms with Crippen LogP contribution < -0.4 is 11.1 Å². The Kier molecular flexibility index (Phi) is 5.14. The van der Waals surface area contributed by atoms with Crippen LogP contribution in [0.4, 0.5) is 5.00 Å². The van der Waals surface area contributed by atoms with Gasteiger partial charge in [-0.3, -0.25) is 9.59 Å². The first-order valence-corrected chi connectivity index (χ1v) is 12.3. The molecule has 0 saturated heterocycles. The molecule has 0 aliphatic heterocycles. The van der Waals surface area contributed by atoms with Crippen LogP contribution in [0.2, 0.25) is 0 Å². The fraction of sp³-hybridized carbons (Fsp3) is 0.227. The highest BCUT2D eigenvalue weighted by molar-refractivity contribution is 7.26. The minimum absolute atomic E-state index is 0.216. The molecular formula is C22H19N3O2S3. The fourth-order valence-corrected chi connectivity index (χ4v) is 7.02. The summed E-state index contributed by atoms with van der Waals surface area (Å²) in [5.41, 5.74) is 8.16. The zero-order valence-corrected chi connectivity index (χ0v) is 18.5. The smallest absolute Gasteiger partial charge is 0.266 e. The monoisotopic (exact) mass is 453 g/mol. The molecule has 0 bridgehead atoms. The van der Waals surface area contributed by atoms with Crippen molar-refractivity contribution in [2.45, 2.75) is 32.1 Å². The van der Waals surface area contributed by atoms with Crippen molar-refractivity contribution in [1.29, 1.82) is 0 Å². The van der Waals surface area contributed by atoms with E-state index < -0.39 is 5.91 Å². The molecule has 3 aromatic heterocycles. The maximum Gasteiger partial charge on any atom is 0.266 e. The van der Waals surface area contributed by atoms with E-state index in [2.05, 4.69) is 10.3 Å². The molecular weight excluding hydrogens is 434 g/mol. The Balaban J connectivity index is 1.42. The number of nitrogens with zero attached hydrogens (tertiary/aromatic N) is 1. The van der Waals surface area contributed by atoms with Gasteiger partial charge in [0.15, 0.2) is 0 Å². The number of nitrogens with one attached hydrogen (secondary N) is 1. The molecule has 0 radical (unpaired) electrons. The summed E-state index contributed by atoms with van der Waals surface area (Å²) in [5.74, 6) is -0.683. The van der Waals surface area contributed by atoms with E-state index in [1.54, 1.807) is 11.3 Å². The number of thiazole rings is 1. The second-order valence-corrected chi connectivity index (χ2v) is 10.5. The molecule has 5 nitrogen and oxygen atoms in total. The number of carbonyl (C=O) groups is 2. The minimum Gasteiger partial charge on any atom is -0.365 e. The van der Waals surface area contributed by atoms with Crippen molar-refractivity contribution in [3.63, 3.8) is 0 Å². The summed E-state index contributed by atoms with van der Waals surface area (Å²) in [6.07, 6.45) is 5.10. The quantitative estimate of drug-likeness (QED) is 0.388. The molecule has 4 aromatic rings. The van der Waals surface area contributed by atoms with Crippen molar-refractivity contribution >= 4 is 61.0 Å². The standard InChI is InChI=1S/C22H19N3O2S3/c23-19(26)18-12-6-2-1-3-8-14(12)29-22(18)25-20(27)16-10-11-17(28-16)21-24-13-7-4-5-9-15(13)30-21/h4-5,7,9-11H,1-3,6,8H2,(H2,23,26)(H,25,27). The number of amides is 2. The van der Waals surface area contributed by atoms with E-state index >= 15 is 0 Å². The van der Waals surface area contributed by atoms with E-state index in [0.717, 1.165) is 57.8 Å². The average molecular weight is 454 g/mol. The summed E-state index contributed by atoms with van der Waals surface area (Å²) in [7, 11) is 0.